The molecule has 1 heterocycles. The number of nitrogens with two attached hydrogens (primary N) is 1. The highest BCUT2D eigenvalue weighted by Gasteiger charge is 1.97. The fourth-order valence-electron chi connectivity index (χ4n) is 0.763. The van der Waals surface area contributed by atoms with E-state index in [0.717, 1.165) is 5.56 Å². The molecular weight excluding hydrogens is 164 g/mol. The lowest BCUT2D eigenvalue weighted by Crippen LogP contribution is -2.00. The summed E-state index contributed by atoms with van der Waals surface area (Å²) < 4.78 is 4.95. The van der Waals surface area contributed by atoms with E-state index in [2.05, 4.69) is 4.98 Å². The van der Waals surface area contributed by atoms with Crippen molar-refractivity contribution < 1.29 is 4.74 Å². The van der Waals surface area contributed by atoms with Crippen LogP contribution in [0.3, 0.4) is 0 Å². The molecule has 0 amide bonds. The summed E-state index contributed by atoms with van der Waals surface area (Å²) in [7, 11) is 1.58. The summed E-state index contributed by atoms with van der Waals surface area (Å²) in [5.41, 5.74) is 6.34. The number of hydrogen-bond acceptors (Lipinski definition) is 3. The van der Waals surface area contributed by atoms with Crippen LogP contribution in [0.25, 0.3) is 0 Å². The molecule has 0 atom stereocenters. The van der Waals surface area contributed by atoms with Crippen molar-refractivity contribution in [2.75, 3.05) is 7.11 Å². The topological polar surface area (TPSA) is 48.1 Å². The Bertz CT molecular complexity index is 194. The Hall–Kier alpha value is -0.800. The maximum Gasteiger partial charge on any atom is 0.217 e. The molecule has 1 rings (SSSR count). The molecule has 62 valence electrons. The first-order valence-electron chi connectivity index (χ1n) is 3.06. The van der Waals surface area contributed by atoms with E-state index in [9.17, 15) is 0 Å². The highest BCUT2D eigenvalue weighted by atomic mass is 35.5. The van der Waals surface area contributed by atoms with Gasteiger partial charge in [-0.1, -0.05) is 6.07 Å². The predicted octanol–water partition coefficient (Wildman–Crippen LogP) is 0.971. The number of halogens is 1. The minimum Gasteiger partial charge on any atom is -0.481 e. The standard InChI is InChI=1S/C7H10N2O.ClH/c1-10-7-6(5-8)3-2-4-9-7;/h2-4H,5,8H2,1H3;1H. The molecule has 0 spiro atoms. The quantitative estimate of drug-likeness (QED) is 0.727. The summed E-state index contributed by atoms with van der Waals surface area (Å²) in [5.74, 6) is 0.616. The zero-order valence-corrected chi connectivity index (χ0v) is 7.10. The minimum atomic E-state index is 0. The Kier molecular flexibility index (Phi) is 4.57. The molecule has 0 radical (unpaired) electrons. The molecule has 1 aromatic heterocycles. The van der Waals surface area contributed by atoms with E-state index in [1.807, 2.05) is 12.1 Å². The largest absolute Gasteiger partial charge is 0.481 e. The average molecular weight is 175 g/mol. The molecule has 0 aromatic carbocycles. The smallest absolute Gasteiger partial charge is 0.217 e. The first-order chi connectivity index (χ1) is 4.88. The van der Waals surface area contributed by atoms with Gasteiger partial charge in [0.2, 0.25) is 5.88 Å². The Morgan fingerprint density at radius 2 is 2.36 bits per heavy atom. The van der Waals surface area contributed by atoms with Gasteiger partial charge in [0.15, 0.2) is 0 Å². The van der Waals surface area contributed by atoms with Crippen LogP contribution in [0, 0.1) is 0 Å². The highest BCUT2D eigenvalue weighted by Crippen LogP contribution is 2.11. The molecule has 0 aliphatic heterocycles. The molecule has 0 unspecified atom stereocenters. The fourth-order valence-corrected chi connectivity index (χ4v) is 0.763. The van der Waals surface area contributed by atoms with Crippen LogP contribution in [0.4, 0.5) is 0 Å². The molecule has 0 bridgehead atoms. The molecule has 11 heavy (non-hydrogen) atoms. The van der Waals surface area contributed by atoms with Crippen molar-refractivity contribution in [2.45, 2.75) is 6.54 Å². The SMILES string of the molecule is COc1ncccc1CN.Cl. The number of hydrogen-bond donors (Lipinski definition) is 1. The number of aromatic nitrogens is 1. The Balaban J connectivity index is 0.000001000. The lowest BCUT2D eigenvalue weighted by Gasteiger charge is -2.02. The van der Waals surface area contributed by atoms with E-state index < -0.39 is 0 Å². The molecule has 0 aliphatic rings. The second-order valence-electron chi connectivity index (χ2n) is 1.88. The number of methoxy groups -OCH3 is 1. The molecule has 0 aliphatic carbocycles. The van der Waals surface area contributed by atoms with E-state index in [4.69, 9.17) is 10.5 Å². The van der Waals surface area contributed by atoms with Gasteiger partial charge in [0.1, 0.15) is 0 Å². The Labute approximate surface area is 72.0 Å². The van der Waals surface area contributed by atoms with E-state index >= 15 is 0 Å². The van der Waals surface area contributed by atoms with Crippen LogP contribution in [-0.4, -0.2) is 12.1 Å². The van der Waals surface area contributed by atoms with Crippen LogP contribution >= 0.6 is 12.4 Å². The second kappa shape index (κ2) is 4.93. The van der Waals surface area contributed by atoms with Gasteiger partial charge in [0.25, 0.3) is 0 Å². The summed E-state index contributed by atoms with van der Waals surface area (Å²) in [5, 5.41) is 0. The second-order valence-corrected chi connectivity index (χ2v) is 1.88. The number of nitrogens with zero attached hydrogens (tertiary/aromatic N) is 1. The summed E-state index contributed by atoms with van der Waals surface area (Å²) in [6.07, 6.45) is 1.68. The summed E-state index contributed by atoms with van der Waals surface area (Å²) in [6.45, 7) is 0.469. The van der Waals surface area contributed by atoms with Crippen molar-refractivity contribution >= 4 is 12.4 Å². The van der Waals surface area contributed by atoms with Gasteiger partial charge in [-0.05, 0) is 6.07 Å². The van der Waals surface area contributed by atoms with Crippen molar-refractivity contribution in [3.63, 3.8) is 0 Å². The fraction of sp³-hybridized carbons (Fsp3) is 0.286. The molecule has 4 heteroatoms. The van der Waals surface area contributed by atoms with Crippen molar-refractivity contribution in [3.8, 4) is 5.88 Å². The number of rotatable bonds is 2. The predicted molar refractivity (Wildman–Crippen MR) is 45.9 cm³/mol. The van der Waals surface area contributed by atoms with Gasteiger partial charge in [-0.3, -0.25) is 0 Å². The van der Waals surface area contributed by atoms with E-state index in [1.54, 1.807) is 13.3 Å². The van der Waals surface area contributed by atoms with Gasteiger partial charge in [-0.2, -0.15) is 0 Å². The monoisotopic (exact) mass is 174 g/mol. The zero-order chi connectivity index (χ0) is 7.40. The maximum absolute atomic E-state index is 5.41. The van der Waals surface area contributed by atoms with Crippen molar-refractivity contribution in [2.24, 2.45) is 5.73 Å². The molecule has 0 saturated heterocycles. The van der Waals surface area contributed by atoms with Gasteiger partial charge < -0.3 is 10.5 Å². The van der Waals surface area contributed by atoms with Gasteiger partial charge in [0.05, 0.1) is 7.11 Å². The van der Waals surface area contributed by atoms with Crippen LogP contribution in [0.1, 0.15) is 5.56 Å². The highest BCUT2D eigenvalue weighted by molar-refractivity contribution is 5.85. The van der Waals surface area contributed by atoms with Crippen molar-refractivity contribution in [3.05, 3.63) is 23.9 Å². The molecule has 0 fully saturated rings. The Morgan fingerprint density at radius 1 is 1.64 bits per heavy atom. The van der Waals surface area contributed by atoms with Crippen LogP contribution in [0.5, 0.6) is 5.88 Å². The third kappa shape index (κ3) is 2.37. The van der Waals surface area contributed by atoms with E-state index in [-0.39, 0.29) is 12.4 Å². The number of ether oxygens (including phenoxy) is 1. The number of pyridine rings is 1. The minimum absolute atomic E-state index is 0. The summed E-state index contributed by atoms with van der Waals surface area (Å²) in [4.78, 5) is 3.97. The van der Waals surface area contributed by atoms with Crippen LogP contribution in [0.2, 0.25) is 0 Å². The van der Waals surface area contributed by atoms with Crippen LogP contribution in [-0.2, 0) is 6.54 Å². The first kappa shape index (κ1) is 10.2. The molecule has 2 N–H and O–H groups in total. The van der Waals surface area contributed by atoms with Crippen LogP contribution in [0.15, 0.2) is 18.3 Å². The van der Waals surface area contributed by atoms with Crippen LogP contribution < -0.4 is 10.5 Å². The molecule has 1 aromatic rings. The zero-order valence-electron chi connectivity index (χ0n) is 6.28. The maximum atomic E-state index is 5.41. The van der Waals surface area contributed by atoms with Gasteiger partial charge >= 0.3 is 0 Å². The first-order valence-corrected chi connectivity index (χ1v) is 3.06. The molecule has 3 nitrogen and oxygen atoms in total. The van der Waals surface area contributed by atoms with Gasteiger partial charge in [-0.15, -0.1) is 12.4 Å². The third-order valence-corrected chi connectivity index (χ3v) is 1.26. The normalized spacial score (nSPS) is 8.55. The lowest BCUT2D eigenvalue weighted by molar-refractivity contribution is 0.392. The lowest BCUT2D eigenvalue weighted by atomic mass is 10.3. The summed E-state index contributed by atoms with van der Waals surface area (Å²) in [6, 6.07) is 3.73. The van der Waals surface area contributed by atoms with Crippen molar-refractivity contribution in [1.29, 1.82) is 0 Å². The summed E-state index contributed by atoms with van der Waals surface area (Å²) >= 11 is 0. The Morgan fingerprint density at radius 3 is 2.82 bits per heavy atom. The van der Waals surface area contributed by atoms with Gasteiger partial charge in [-0.25, -0.2) is 4.98 Å². The van der Waals surface area contributed by atoms with E-state index in [1.165, 1.54) is 0 Å². The van der Waals surface area contributed by atoms with E-state index in [0.29, 0.717) is 12.4 Å². The molecular formula is C7H11ClN2O. The van der Waals surface area contributed by atoms with Crippen molar-refractivity contribution in [1.82, 2.24) is 4.98 Å². The van der Waals surface area contributed by atoms with Gasteiger partial charge in [0, 0.05) is 18.3 Å². The molecule has 0 saturated carbocycles. The third-order valence-electron chi connectivity index (χ3n) is 1.26. The average Bonchev–Trinajstić information content (AvgIpc) is 2.04.